The van der Waals surface area contributed by atoms with Crippen LogP contribution in [-0.4, -0.2) is 57.6 Å². The van der Waals surface area contributed by atoms with E-state index in [2.05, 4.69) is 27.9 Å². The lowest BCUT2D eigenvalue weighted by Crippen LogP contribution is -2.51. The molecule has 34 heavy (non-hydrogen) atoms. The minimum Gasteiger partial charge on any atom is -0.497 e. The van der Waals surface area contributed by atoms with Crippen LogP contribution in [0, 0.1) is 3.57 Å². The highest BCUT2D eigenvalue weighted by atomic mass is 127. The van der Waals surface area contributed by atoms with Gasteiger partial charge < -0.3 is 15.0 Å². The number of hydrogen-bond donors (Lipinski definition) is 1. The zero-order valence-corrected chi connectivity index (χ0v) is 22.9. The fourth-order valence-corrected chi connectivity index (χ4v) is 4.48. The standard InChI is InChI=1S/C24H32IN3O5S/c1-5-6-15-26-24(30)18(2)27(16-19-7-13-22(33-3)14-8-19)23(29)17-28(34(4,31)32)21-11-9-20(25)10-12-21/h7-14,18H,5-6,15-17H2,1-4H3,(H,26,30). The number of carbonyl (C=O) groups is 2. The molecule has 0 aliphatic carbocycles. The number of amides is 2. The summed E-state index contributed by atoms with van der Waals surface area (Å²) >= 11 is 2.13. The van der Waals surface area contributed by atoms with Gasteiger partial charge in [-0.05, 0) is 77.9 Å². The monoisotopic (exact) mass is 601 g/mol. The molecule has 0 aliphatic rings. The topological polar surface area (TPSA) is 96.0 Å². The fourth-order valence-electron chi connectivity index (χ4n) is 3.27. The summed E-state index contributed by atoms with van der Waals surface area (Å²) in [5, 5.41) is 2.86. The molecule has 0 aliphatic heterocycles. The average Bonchev–Trinajstić information content (AvgIpc) is 2.81. The second-order valence-corrected chi connectivity index (χ2v) is 11.1. The van der Waals surface area contributed by atoms with Crippen LogP contribution in [0.25, 0.3) is 0 Å². The number of methoxy groups -OCH3 is 1. The van der Waals surface area contributed by atoms with Gasteiger partial charge in [0.05, 0.1) is 19.1 Å². The molecule has 186 valence electrons. The van der Waals surface area contributed by atoms with Crippen LogP contribution in [-0.2, 0) is 26.2 Å². The minimum atomic E-state index is -3.74. The number of unbranched alkanes of at least 4 members (excludes halogenated alkanes) is 1. The number of benzene rings is 2. The molecule has 0 aromatic heterocycles. The number of halogens is 1. The third-order valence-corrected chi connectivity index (χ3v) is 7.16. The first-order valence-electron chi connectivity index (χ1n) is 11.0. The molecule has 1 atom stereocenters. The van der Waals surface area contributed by atoms with Gasteiger partial charge in [-0.3, -0.25) is 13.9 Å². The van der Waals surface area contributed by atoms with Crippen molar-refractivity contribution in [2.45, 2.75) is 39.3 Å². The Morgan fingerprint density at radius 1 is 1.09 bits per heavy atom. The third kappa shape index (κ3) is 8.15. The molecule has 1 N–H and O–H groups in total. The van der Waals surface area contributed by atoms with Gasteiger partial charge in [-0.25, -0.2) is 8.42 Å². The van der Waals surface area contributed by atoms with Gasteiger partial charge in [0, 0.05) is 16.7 Å². The molecule has 0 saturated heterocycles. The first-order valence-corrected chi connectivity index (χ1v) is 13.9. The normalized spacial score (nSPS) is 12.0. The maximum Gasteiger partial charge on any atom is 0.244 e. The van der Waals surface area contributed by atoms with Gasteiger partial charge in [0.15, 0.2) is 0 Å². The molecule has 0 spiro atoms. The number of anilines is 1. The summed E-state index contributed by atoms with van der Waals surface area (Å²) in [6.45, 7) is 3.93. The molecule has 0 fully saturated rings. The van der Waals surface area contributed by atoms with Gasteiger partial charge >= 0.3 is 0 Å². The van der Waals surface area contributed by atoms with E-state index in [0.717, 1.165) is 32.5 Å². The Kier molecular flexibility index (Phi) is 10.6. The second kappa shape index (κ2) is 12.9. The van der Waals surface area contributed by atoms with Crippen molar-refractivity contribution in [3.8, 4) is 5.75 Å². The lowest BCUT2D eigenvalue weighted by atomic mass is 10.1. The predicted octanol–water partition coefficient (Wildman–Crippen LogP) is 3.40. The van der Waals surface area contributed by atoms with Crippen LogP contribution in [0.15, 0.2) is 48.5 Å². The van der Waals surface area contributed by atoms with Crippen molar-refractivity contribution in [1.29, 1.82) is 0 Å². The lowest BCUT2D eigenvalue weighted by Gasteiger charge is -2.31. The van der Waals surface area contributed by atoms with Crippen molar-refractivity contribution in [3.05, 3.63) is 57.7 Å². The van der Waals surface area contributed by atoms with Gasteiger partial charge in [0.25, 0.3) is 0 Å². The van der Waals surface area contributed by atoms with E-state index in [-0.39, 0.29) is 12.5 Å². The maximum atomic E-state index is 13.5. The molecule has 2 amide bonds. The van der Waals surface area contributed by atoms with Gasteiger partial charge in [0.2, 0.25) is 21.8 Å². The van der Waals surface area contributed by atoms with E-state index in [4.69, 9.17) is 4.74 Å². The van der Waals surface area contributed by atoms with E-state index in [1.807, 2.05) is 19.1 Å². The van der Waals surface area contributed by atoms with Crippen LogP contribution in [0.1, 0.15) is 32.3 Å². The summed E-state index contributed by atoms with van der Waals surface area (Å²) in [6.07, 6.45) is 2.83. The number of ether oxygens (including phenoxy) is 1. The Morgan fingerprint density at radius 2 is 1.71 bits per heavy atom. The number of sulfonamides is 1. The van der Waals surface area contributed by atoms with Crippen LogP contribution in [0.5, 0.6) is 5.75 Å². The van der Waals surface area contributed by atoms with E-state index in [1.165, 1.54) is 4.90 Å². The molecule has 1 unspecified atom stereocenters. The lowest BCUT2D eigenvalue weighted by molar-refractivity contribution is -0.139. The van der Waals surface area contributed by atoms with E-state index < -0.39 is 28.5 Å². The fraction of sp³-hybridized carbons (Fsp3) is 0.417. The highest BCUT2D eigenvalue weighted by molar-refractivity contribution is 14.1. The first-order chi connectivity index (χ1) is 16.1. The number of nitrogens with zero attached hydrogens (tertiary/aromatic N) is 2. The van der Waals surface area contributed by atoms with Gasteiger partial charge in [-0.2, -0.15) is 0 Å². The molecule has 0 saturated carbocycles. The molecule has 0 heterocycles. The van der Waals surface area contributed by atoms with E-state index in [1.54, 1.807) is 50.4 Å². The Morgan fingerprint density at radius 3 is 2.24 bits per heavy atom. The quantitative estimate of drug-likeness (QED) is 0.297. The molecular weight excluding hydrogens is 569 g/mol. The van der Waals surface area contributed by atoms with Gasteiger partial charge in [0.1, 0.15) is 18.3 Å². The van der Waals surface area contributed by atoms with Crippen LogP contribution in [0.3, 0.4) is 0 Å². The summed E-state index contributed by atoms with van der Waals surface area (Å²) in [5.41, 5.74) is 1.18. The molecule has 2 rings (SSSR count). The maximum absolute atomic E-state index is 13.5. The van der Waals surface area contributed by atoms with E-state index in [0.29, 0.717) is 18.0 Å². The van der Waals surface area contributed by atoms with Crippen molar-refractivity contribution in [1.82, 2.24) is 10.2 Å². The van der Waals surface area contributed by atoms with Crippen LogP contribution >= 0.6 is 22.6 Å². The van der Waals surface area contributed by atoms with Crippen molar-refractivity contribution in [2.75, 3.05) is 30.8 Å². The van der Waals surface area contributed by atoms with Gasteiger partial charge in [-0.1, -0.05) is 25.5 Å². The summed E-state index contributed by atoms with van der Waals surface area (Å²) in [4.78, 5) is 27.7. The molecule has 2 aromatic carbocycles. The molecule has 10 heteroatoms. The zero-order valence-electron chi connectivity index (χ0n) is 20.0. The summed E-state index contributed by atoms with van der Waals surface area (Å²) in [6, 6.07) is 13.3. The van der Waals surface area contributed by atoms with E-state index in [9.17, 15) is 18.0 Å². The highest BCUT2D eigenvalue weighted by Crippen LogP contribution is 2.21. The van der Waals surface area contributed by atoms with Crippen molar-refractivity contribution in [2.24, 2.45) is 0 Å². The second-order valence-electron chi connectivity index (χ2n) is 7.94. The third-order valence-electron chi connectivity index (χ3n) is 5.30. The predicted molar refractivity (Wildman–Crippen MR) is 142 cm³/mol. The Labute approximate surface area is 215 Å². The average molecular weight is 602 g/mol. The van der Waals surface area contributed by atoms with Gasteiger partial charge in [-0.15, -0.1) is 0 Å². The largest absolute Gasteiger partial charge is 0.497 e. The molecule has 8 nitrogen and oxygen atoms in total. The number of carbonyl (C=O) groups excluding carboxylic acids is 2. The Bertz CT molecular complexity index is 1060. The van der Waals surface area contributed by atoms with Crippen molar-refractivity contribution >= 4 is 50.1 Å². The van der Waals surface area contributed by atoms with Crippen molar-refractivity contribution < 1.29 is 22.7 Å². The zero-order chi connectivity index (χ0) is 25.3. The molecule has 0 bridgehead atoms. The Balaban J connectivity index is 2.32. The smallest absolute Gasteiger partial charge is 0.244 e. The highest BCUT2D eigenvalue weighted by Gasteiger charge is 2.30. The number of rotatable bonds is 12. The van der Waals surface area contributed by atoms with E-state index >= 15 is 0 Å². The molecule has 2 aromatic rings. The summed E-state index contributed by atoms with van der Waals surface area (Å²) in [7, 11) is -2.17. The van der Waals surface area contributed by atoms with Crippen LogP contribution in [0.2, 0.25) is 0 Å². The van der Waals surface area contributed by atoms with Crippen molar-refractivity contribution in [3.63, 3.8) is 0 Å². The summed E-state index contributed by atoms with van der Waals surface area (Å²) in [5.74, 6) is -0.0811. The van der Waals surface area contributed by atoms with Crippen LogP contribution < -0.4 is 14.4 Å². The van der Waals surface area contributed by atoms with Crippen LogP contribution in [0.4, 0.5) is 5.69 Å². The summed E-state index contributed by atoms with van der Waals surface area (Å²) < 4.78 is 32.3. The molecule has 0 radical (unpaired) electrons. The first kappa shape index (κ1) is 27.9. The Hall–Kier alpha value is -2.34. The number of hydrogen-bond acceptors (Lipinski definition) is 5. The molecular formula is C24H32IN3O5S. The number of nitrogens with one attached hydrogen (secondary N) is 1. The SMILES string of the molecule is CCCCNC(=O)C(C)N(Cc1ccc(OC)cc1)C(=O)CN(c1ccc(I)cc1)S(C)(=O)=O. The minimum absolute atomic E-state index is 0.148.